The number of pyridine rings is 1. The molecule has 0 amide bonds. The molecule has 34 heavy (non-hydrogen) atoms. The van der Waals surface area contributed by atoms with Crippen LogP contribution in [0.25, 0.3) is 32.7 Å². The van der Waals surface area contributed by atoms with E-state index in [1.165, 1.54) is 0 Å². The van der Waals surface area contributed by atoms with E-state index in [0.717, 1.165) is 65.3 Å². The van der Waals surface area contributed by atoms with E-state index in [-0.39, 0.29) is 6.04 Å². The molecule has 2 aliphatic heterocycles. The number of thiophene rings is 1. The molecule has 0 spiro atoms. The smallest absolute Gasteiger partial charge is 0.164 e. The SMILES string of the molecule is O=S1(=O)CC[C@H](N2CCN(c3nc(-c4cccnc4)nc4scc(-c5ccccc5)c34)CC2)C1. The quantitative estimate of drug-likeness (QED) is 0.430. The van der Waals surface area contributed by atoms with Crippen molar-refractivity contribution in [1.82, 2.24) is 19.9 Å². The van der Waals surface area contributed by atoms with E-state index in [1.54, 1.807) is 23.7 Å². The van der Waals surface area contributed by atoms with Gasteiger partial charge >= 0.3 is 0 Å². The predicted molar refractivity (Wildman–Crippen MR) is 137 cm³/mol. The number of nitrogens with zero attached hydrogens (tertiary/aromatic N) is 5. The van der Waals surface area contributed by atoms with Crippen LogP contribution in [-0.2, 0) is 9.84 Å². The van der Waals surface area contributed by atoms with Crippen LogP contribution in [-0.4, -0.2) is 72.0 Å². The van der Waals surface area contributed by atoms with Gasteiger partial charge in [-0.1, -0.05) is 30.3 Å². The molecule has 1 aromatic carbocycles. The first kappa shape index (κ1) is 21.6. The van der Waals surface area contributed by atoms with Gasteiger partial charge in [0.25, 0.3) is 0 Å². The highest BCUT2D eigenvalue weighted by Crippen LogP contribution is 2.39. The summed E-state index contributed by atoms with van der Waals surface area (Å²) in [5.74, 6) is 2.23. The summed E-state index contributed by atoms with van der Waals surface area (Å²) in [5.41, 5.74) is 3.20. The second-order valence-corrected chi connectivity index (χ2v) is 12.0. The Bertz CT molecular complexity index is 1420. The van der Waals surface area contributed by atoms with Gasteiger partial charge in [-0.3, -0.25) is 9.88 Å². The number of piperazine rings is 1. The van der Waals surface area contributed by atoms with Crippen LogP contribution in [0.3, 0.4) is 0 Å². The fourth-order valence-electron chi connectivity index (χ4n) is 4.97. The van der Waals surface area contributed by atoms with Crippen molar-refractivity contribution >= 4 is 37.2 Å². The molecule has 0 unspecified atom stereocenters. The molecule has 5 heterocycles. The average molecular weight is 492 g/mol. The van der Waals surface area contributed by atoms with Crippen molar-refractivity contribution in [3.63, 3.8) is 0 Å². The Hall–Kier alpha value is -2.88. The number of hydrogen-bond acceptors (Lipinski definition) is 8. The van der Waals surface area contributed by atoms with Crippen molar-refractivity contribution in [2.24, 2.45) is 0 Å². The number of aromatic nitrogens is 3. The summed E-state index contributed by atoms with van der Waals surface area (Å²) >= 11 is 1.64. The van der Waals surface area contributed by atoms with Crippen LogP contribution in [0.5, 0.6) is 0 Å². The standard InChI is InChI=1S/C25H25N5O2S2/c31-34(32)14-8-20(17-34)29-10-12-30(13-11-29)24-22-21(18-5-2-1-3-6-18)16-33-25(22)28-23(27-24)19-7-4-9-26-15-19/h1-7,9,15-16,20H,8,10-14,17H2/t20-/m0/s1. The van der Waals surface area contributed by atoms with Crippen molar-refractivity contribution in [3.8, 4) is 22.5 Å². The number of sulfone groups is 1. The van der Waals surface area contributed by atoms with Gasteiger partial charge in [0.2, 0.25) is 0 Å². The van der Waals surface area contributed by atoms with E-state index < -0.39 is 9.84 Å². The Labute approximate surface area is 203 Å². The summed E-state index contributed by atoms with van der Waals surface area (Å²) in [6.45, 7) is 3.27. The molecular formula is C25H25N5O2S2. The lowest BCUT2D eigenvalue weighted by molar-refractivity contribution is 0.200. The zero-order valence-corrected chi connectivity index (χ0v) is 20.3. The first-order valence-corrected chi connectivity index (χ1v) is 14.2. The zero-order chi connectivity index (χ0) is 23.1. The van der Waals surface area contributed by atoms with Gasteiger partial charge in [-0.05, 0) is 24.1 Å². The van der Waals surface area contributed by atoms with E-state index in [0.29, 0.717) is 17.3 Å². The molecule has 9 heteroatoms. The van der Waals surface area contributed by atoms with E-state index in [4.69, 9.17) is 9.97 Å². The van der Waals surface area contributed by atoms with Gasteiger partial charge in [-0.25, -0.2) is 18.4 Å². The second-order valence-electron chi connectivity index (χ2n) is 8.89. The van der Waals surface area contributed by atoms with E-state index >= 15 is 0 Å². The highest BCUT2D eigenvalue weighted by atomic mass is 32.2. The van der Waals surface area contributed by atoms with Crippen LogP contribution in [0.4, 0.5) is 5.82 Å². The normalized spacial score (nSPS) is 20.7. The molecule has 0 aliphatic carbocycles. The van der Waals surface area contributed by atoms with Crippen LogP contribution < -0.4 is 4.90 Å². The van der Waals surface area contributed by atoms with E-state index in [1.807, 2.05) is 18.2 Å². The molecule has 6 rings (SSSR count). The minimum atomic E-state index is -2.88. The molecule has 2 saturated heterocycles. The lowest BCUT2D eigenvalue weighted by Crippen LogP contribution is -2.51. The minimum absolute atomic E-state index is 0.143. The maximum atomic E-state index is 12.0. The first-order valence-electron chi connectivity index (χ1n) is 11.5. The number of benzene rings is 1. The van der Waals surface area contributed by atoms with Gasteiger partial charge in [-0.15, -0.1) is 11.3 Å². The van der Waals surface area contributed by atoms with Crippen LogP contribution in [0.2, 0.25) is 0 Å². The van der Waals surface area contributed by atoms with Gasteiger partial charge in [-0.2, -0.15) is 0 Å². The molecule has 7 nitrogen and oxygen atoms in total. The molecule has 4 aromatic rings. The zero-order valence-electron chi connectivity index (χ0n) is 18.7. The lowest BCUT2D eigenvalue weighted by Gasteiger charge is -2.38. The van der Waals surface area contributed by atoms with Crippen molar-refractivity contribution in [2.45, 2.75) is 12.5 Å². The van der Waals surface area contributed by atoms with Gasteiger partial charge in [0.05, 0.1) is 16.9 Å². The van der Waals surface area contributed by atoms with Gasteiger partial charge < -0.3 is 4.90 Å². The molecule has 0 bridgehead atoms. The topological polar surface area (TPSA) is 79.3 Å². The first-order chi connectivity index (χ1) is 16.6. The number of hydrogen-bond donors (Lipinski definition) is 0. The van der Waals surface area contributed by atoms with E-state index in [9.17, 15) is 8.42 Å². The Balaban J connectivity index is 1.38. The molecule has 174 valence electrons. The Kier molecular flexibility index (Phi) is 5.55. The van der Waals surface area contributed by atoms with Crippen LogP contribution in [0.1, 0.15) is 6.42 Å². The highest BCUT2D eigenvalue weighted by Gasteiger charge is 2.34. The minimum Gasteiger partial charge on any atom is -0.353 e. The summed E-state index contributed by atoms with van der Waals surface area (Å²) in [7, 11) is -2.88. The monoisotopic (exact) mass is 491 g/mol. The number of fused-ring (bicyclic) bond motifs is 1. The van der Waals surface area contributed by atoms with Crippen molar-refractivity contribution < 1.29 is 8.42 Å². The van der Waals surface area contributed by atoms with Crippen LogP contribution in [0.15, 0.2) is 60.2 Å². The number of rotatable bonds is 4. The van der Waals surface area contributed by atoms with Crippen LogP contribution in [0, 0.1) is 0 Å². The summed E-state index contributed by atoms with van der Waals surface area (Å²) in [6.07, 6.45) is 4.30. The molecule has 0 radical (unpaired) electrons. The third kappa shape index (κ3) is 4.08. The van der Waals surface area contributed by atoms with Crippen molar-refractivity contribution in [1.29, 1.82) is 0 Å². The Morgan fingerprint density at radius 2 is 1.74 bits per heavy atom. The third-order valence-electron chi connectivity index (χ3n) is 6.76. The average Bonchev–Trinajstić information content (AvgIpc) is 3.47. The molecule has 2 fully saturated rings. The summed E-state index contributed by atoms with van der Waals surface area (Å²) in [5, 5.41) is 3.26. The van der Waals surface area contributed by atoms with Gasteiger partial charge in [0.1, 0.15) is 10.6 Å². The van der Waals surface area contributed by atoms with E-state index in [2.05, 4.69) is 44.4 Å². The Morgan fingerprint density at radius 1 is 0.941 bits per heavy atom. The molecule has 0 saturated carbocycles. The lowest BCUT2D eigenvalue weighted by atomic mass is 10.1. The van der Waals surface area contributed by atoms with Gasteiger partial charge in [0, 0.05) is 61.1 Å². The van der Waals surface area contributed by atoms with Crippen molar-refractivity contribution in [3.05, 3.63) is 60.2 Å². The molecular weight excluding hydrogens is 466 g/mol. The summed E-state index contributed by atoms with van der Waals surface area (Å²) in [4.78, 5) is 19.9. The maximum absolute atomic E-state index is 12.0. The molecule has 1 atom stereocenters. The highest BCUT2D eigenvalue weighted by molar-refractivity contribution is 7.91. The largest absolute Gasteiger partial charge is 0.353 e. The Morgan fingerprint density at radius 3 is 2.44 bits per heavy atom. The fraction of sp³-hybridized carbons (Fsp3) is 0.320. The summed E-state index contributed by atoms with van der Waals surface area (Å²) in [6, 6.07) is 14.4. The molecule has 0 N–H and O–H groups in total. The van der Waals surface area contributed by atoms with Crippen molar-refractivity contribution in [2.75, 3.05) is 42.6 Å². The van der Waals surface area contributed by atoms with Gasteiger partial charge in [0.15, 0.2) is 15.7 Å². The number of anilines is 1. The molecule has 3 aromatic heterocycles. The maximum Gasteiger partial charge on any atom is 0.164 e. The predicted octanol–water partition coefficient (Wildman–Crippen LogP) is 3.73. The second kappa shape index (κ2) is 8.72. The third-order valence-corrected chi connectivity index (χ3v) is 9.38. The molecule has 2 aliphatic rings. The summed E-state index contributed by atoms with van der Waals surface area (Å²) < 4.78 is 23.9. The van der Waals surface area contributed by atoms with Crippen LogP contribution >= 0.6 is 11.3 Å². The fourth-order valence-corrected chi connectivity index (χ4v) is 7.67.